The van der Waals surface area contributed by atoms with Gasteiger partial charge in [0.2, 0.25) is 5.91 Å². The number of ether oxygens (including phenoxy) is 1. The molecule has 0 unspecified atom stereocenters. The molecule has 0 spiro atoms. The number of urea groups is 1. The molecule has 27 heavy (non-hydrogen) atoms. The second-order valence-corrected chi connectivity index (χ2v) is 7.50. The van der Waals surface area contributed by atoms with Crippen molar-refractivity contribution in [3.8, 4) is 5.75 Å². The molecule has 146 valence electrons. The normalized spacial score (nSPS) is 21.7. The fourth-order valence-corrected chi connectivity index (χ4v) is 4.16. The monoisotopic (exact) mass is 373 g/mol. The summed E-state index contributed by atoms with van der Waals surface area (Å²) in [5.41, 5.74) is 1.12. The largest absolute Gasteiger partial charge is 0.497 e. The van der Waals surface area contributed by atoms with E-state index in [9.17, 15) is 14.4 Å². The number of imide groups is 1. The van der Waals surface area contributed by atoms with Crippen LogP contribution >= 0.6 is 0 Å². The van der Waals surface area contributed by atoms with Crippen LogP contribution in [0, 0.1) is 0 Å². The summed E-state index contributed by atoms with van der Waals surface area (Å²) in [4.78, 5) is 38.9. The zero-order chi connectivity index (χ0) is 19.6. The summed E-state index contributed by atoms with van der Waals surface area (Å²) >= 11 is 0. The molecule has 0 aromatic heterocycles. The Kier molecular flexibility index (Phi) is 5.39. The molecule has 1 saturated heterocycles. The summed E-state index contributed by atoms with van der Waals surface area (Å²) in [5, 5.41) is 3.01. The Labute approximate surface area is 159 Å². The number of hydrogen-bond acceptors (Lipinski definition) is 4. The van der Waals surface area contributed by atoms with E-state index in [4.69, 9.17) is 4.74 Å². The van der Waals surface area contributed by atoms with E-state index >= 15 is 0 Å². The second-order valence-electron chi connectivity index (χ2n) is 7.50. The lowest BCUT2D eigenvalue weighted by molar-refractivity contribution is -0.131. The Hall–Kier alpha value is -2.57. The van der Waals surface area contributed by atoms with Gasteiger partial charge >= 0.3 is 6.03 Å². The molecule has 1 aromatic carbocycles. The van der Waals surface area contributed by atoms with E-state index in [1.54, 1.807) is 14.2 Å². The zero-order valence-corrected chi connectivity index (χ0v) is 16.2. The molecule has 1 saturated carbocycles. The highest BCUT2D eigenvalue weighted by Crippen LogP contribution is 2.41. The minimum Gasteiger partial charge on any atom is -0.497 e. The molecular weight excluding hydrogens is 346 g/mol. The molecule has 0 bridgehead atoms. The highest BCUT2D eigenvalue weighted by molar-refractivity contribution is 6.05. The summed E-state index contributed by atoms with van der Waals surface area (Å²) in [6.45, 7) is 0.534. The van der Waals surface area contributed by atoms with Gasteiger partial charge in [-0.05, 0) is 30.5 Å². The van der Waals surface area contributed by atoms with Crippen LogP contribution in [-0.4, -0.2) is 61.4 Å². The highest BCUT2D eigenvalue weighted by Gasteiger charge is 2.42. The molecule has 2 aliphatic rings. The van der Waals surface area contributed by atoms with Crippen LogP contribution in [0.2, 0.25) is 0 Å². The first-order valence-electron chi connectivity index (χ1n) is 9.33. The van der Waals surface area contributed by atoms with Crippen molar-refractivity contribution in [2.75, 3.05) is 27.7 Å². The lowest BCUT2D eigenvalue weighted by Gasteiger charge is -2.30. The van der Waals surface area contributed by atoms with Crippen molar-refractivity contribution < 1.29 is 19.1 Å². The minimum atomic E-state index is -0.719. The van der Waals surface area contributed by atoms with Gasteiger partial charge in [0.25, 0.3) is 5.91 Å². The molecule has 1 aliphatic carbocycles. The summed E-state index contributed by atoms with van der Waals surface area (Å²) in [7, 11) is 4.64. The molecule has 1 aliphatic heterocycles. The molecule has 1 N–H and O–H groups in total. The number of likely N-dealkylation sites (N-methyl/N-ethyl adjacent to an activating group) is 2. The molecule has 0 radical (unpaired) electrons. The molecular formula is C20H27N3O4. The molecule has 1 atom stereocenters. The number of rotatable bonds is 6. The molecule has 3 rings (SSSR count). The third-order valence-corrected chi connectivity index (χ3v) is 5.94. The van der Waals surface area contributed by atoms with Crippen molar-refractivity contribution in [1.82, 2.24) is 15.1 Å². The van der Waals surface area contributed by atoms with Gasteiger partial charge < -0.3 is 15.0 Å². The Morgan fingerprint density at radius 1 is 1.19 bits per heavy atom. The number of nitrogens with one attached hydrogen (secondary N) is 1. The van der Waals surface area contributed by atoms with Crippen molar-refractivity contribution in [2.24, 2.45) is 0 Å². The quantitative estimate of drug-likeness (QED) is 0.773. The van der Waals surface area contributed by atoms with Crippen LogP contribution in [0.4, 0.5) is 4.79 Å². The molecule has 4 amide bonds. The fourth-order valence-electron chi connectivity index (χ4n) is 4.16. The Morgan fingerprint density at radius 3 is 2.33 bits per heavy atom. The predicted octanol–water partition coefficient (Wildman–Crippen LogP) is 1.91. The third kappa shape index (κ3) is 3.63. The van der Waals surface area contributed by atoms with Gasteiger partial charge in [-0.2, -0.15) is 0 Å². The summed E-state index contributed by atoms with van der Waals surface area (Å²) in [6.07, 6.45) is 4.28. The fraction of sp³-hybridized carbons (Fsp3) is 0.550. The van der Waals surface area contributed by atoms with Gasteiger partial charge in [0, 0.05) is 26.1 Å². The van der Waals surface area contributed by atoms with Crippen LogP contribution in [0.5, 0.6) is 5.75 Å². The lowest BCUT2D eigenvalue weighted by atomic mass is 9.78. The second kappa shape index (κ2) is 7.58. The molecule has 1 heterocycles. The average Bonchev–Trinajstić information content (AvgIpc) is 3.24. The van der Waals surface area contributed by atoms with Crippen LogP contribution in [0.1, 0.15) is 37.7 Å². The predicted molar refractivity (Wildman–Crippen MR) is 100 cm³/mol. The van der Waals surface area contributed by atoms with E-state index in [2.05, 4.69) is 17.4 Å². The summed E-state index contributed by atoms with van der Waals surface area (Å²) in [5.74, 6) is 0.277. The average molecular weight is 373 g/mol. The van der Waals surface area contributed by atoms with Crippen molar-refractivity contribution >= 4 is 17.8 Å². The molecule has 7 nitrogen and oxygen atoms in total. The van der Waals surface area contributed by atoms with Crippen LogP contribution in [0.3, 0.4) is 0 Å². The van der Waals surface area contributed by atoms with Gasteiger partial charge in [-0.3, -0.25) is 14.5 Å². The Bertz CT molecular complexity index is 725. The van der Waals surface area contributed by atoms with Gasteiger partial charge in [0.15, 0.2) is 0 Å². The first-order chi connectivity index (χ1) is 12.9. The molecule has 2 fully saturated rings. The Morgan fingerprint density at radius 2 is 1.81 bits per heavy atom. The maximum absolute atomic E-state index is 12.5. The van der Waals surface area contributed by atoms with Gasteiger partial charge in [0.1, 0.15) is 11.8 Å². The van der Waals surface area contributed by atoms with Crippen LogP contribution in [0.15, 0.2) is 24.3 Å². The smallest absolute Gasteiger partial charge is 0.326 e. The van der Waals surface area contributed by atoms with Crippen LogP contribution in [0.25, 0.3) is 0 Å². The standard InChI is InChI=1S/C20H27N3O4/c1-22-16(18(25)23(2)19(22)26)12-17(24)21-13-20(10-4-5-11-20)14-6-8-15(27-3)9-7-14/h6-9,16H,4-5,10-13H2,1-3H3,(H,21,24)/t16-/m0/s1. The van der Waals surface area contributed by atoms with E-state index in [-0.39, 0.29) is 29.7 Å². The number of hydrogen-bond donors (Lipinski definition) is 1. The SMILES string of the molecule is COc1ccc(C2(CNC(=O)C[C@H]3C(=O)N(C)C(=O)N3C)CCCC2)cc1. The van der Waals surface area contributed by atoms with Crippen molar-refractivity contribution in [3.63, 3.8) is 0 Å². The topological polar surface area (TPSA) is 79.0 Å². The van der Waals surface area contributed by atoms with E-state index in [1.165, 1.54) is 17.5 Å². The maximum Gasteiger partial charge on any atom is 0.326 e. The number of amides is 4. The zero-order valence-electron chi connectivity index (χ0n) is 16.2. The van der Waals surface area contributed by atoms with Gasteiger partial charge in [0.05, 0.1) is 13.5 Å². The lowest BCUT2D eigenvalue weighted by Crippen LogP contribution is -2.42. The number of nitrogens with zero attached hydrogens (tertiary/aromatic N) is 2. The first-order valence-corrected chi connectivity index (χ1v) is 9.33. The number of methoxy groups -OCH3 is 1. The first kappa shape index (κ1) is 19.2. The van der Waals surface area contributed by atoms with E-state index in [0.717, 1.165) is 36.3 Å². The maximum atomic E-state index is 12.5. The van der Waals surface area contributed by atoms with Gasteiger partial charge in [-0.1, -0.05) is 25.0 Å². The van der Waals surface area contributed by atoms with E-state index in [0.29, 0.717) is 6.54 Å². The van der Waals surface area contributed by atoms with Crippen molar-refractivity contribution in [3.05, 3.63) is 29.8 Å². The number of carbonyl (C=O) groups excluding carboxylic acids is 3. The number of benzene rings is 1. The van der Waals surface area contributed by atoms with Crippen molar-refractivity contribution in [1.29, 1.82) is 0 Å². The summed E-state index contributed by atoms with van der Waals surface area (Å²) < 4.78 is 5.24. The third-order valence-electron chi connectivity index (χ3n) is 5.94. The summed E-state index contributed by atoms with van der Waals surface area (Å²) in [6, 6.07) is 6.94. The van der Waals surface area contributed by atoms with Crippen molar-refractivity contribution in [2.45, 2.75) is 43.6 Å². The minimum absolute atomic E-state index is 0.00982. The van der Waals surface area contributed by atoms with E-state index < -0.39 is 6.04 Å². The van der Waals surface area contributed by atoms with Crippen LogP contribution < -0.4 is 10.1 Å². The highest BCUT2D eigenvalue weighted by atomic mass is 16.5. The van der Waals surface area contributed by atoms with Gasteiger partial charge in [-0.25, -0.2) is 4.79 Å². The molecule has 7 heteroatoms. The Balaban J connectivity index is 1.65. The van der Waals surface area contributed by atoms with Crippen LogP contribution in [-0.2, 0) is 15.0 Å². The van der Waals surface area contributed by atoms with Gasteiger partial charge in [-0.15, -0.1) is 0 Å². The number of carbonyl (C=O) groups is 3. The van der Waals surface area contributed by atoms with E-state index in [1.807, 2.05) is 12.1 Å². The molecule has 1 aromatic rings.